The Morgan fingerprint density at radius 2 is 1.78 bits per heavy atom. The number of hydrogen-bond donors (Lipinski definition) is 1. The first kappa shape index (κ1) is 17.3. The lowest BCUT2D eigenvalue weighted by Crippen LogP contribution is -2.43. The second kappa shape index (κ2) is 7.02. The third kappa shape index (κ3) is 6.28. The van der Waals surface area contributed by atoms with Gasteiger partial charge in [0.2, 0.25) is 0 Å². The topological polar surface area (TPSA) is 55.0 Å². The normalized spacial score (nSPS) is 11.8. The van der Waals surface area contributed by atoms with Crippen molar-refractivity contribution < 1.29 is 0 Å². The van der Waals surface area contributed by atoms with Crippen LogP contribution in [0.2, 0.25) is 0 Å². The molecule has 0 atom stereocenters. The van der Waals surface area contributed by atoms with E-state index in [1.807, 2.05) is 26.2 Å². The third-order valence-corrected chi connectivity index (χ3v) is 2.37. The van der Waals surface area contributed by atoms with E-state index in [0.29, 0.717) is 5.92 Å². The summed E-state index contributed by atoms with van der Waals surface area (Å²) in [4.78, 5) is 10.9. The van der Waals surface area contributed by atoms with Crippen LogP contribution in [0, 0.1) is 0 Å². The van der Waals surface area contributed by atoms with Crippen molar-refractivity contribution in [2.75, 3.05) is 13.6 Å². The fraction of sp³-hybridized carbons (Fsp3) is 0.692. The lowest BCUT2D eigenvalue weighted by Gasteiger charge is -2.26. The standard InChI is InChI=1S/C13H24N4.ClH/c1-10(2)12-15-6-11(7-16-12)8-17(5)9-13(3,4)14;/h6-7,10H,8-9,14H2,1-5H3;1H. The van der Waals surface area contributed by atoms with Crippen LogP contribution in [-0.4, -0.2) is 34.0 Å². The van der Waals surface area contributed by atoms with Gasteiger partial charge in [-0.15, -0.1) is 12.4 Å². The van der Waals surface area contributed by atoms with Gasteiger partial charge < -0.3 is 10.6 Å². The highest BCUT2D eigenvalue weighted by Gasteiger charge is 2.14. The highest BCUT2D eigenvalue weighted by Crippen LogP contribution is 2.09. The monoisotopic (exact) mass is 272 g/mol. The molecule has 104 valence electrons. The number of nitrogens with two attached hydrogens (primary N) is 1. The highest BCUT2D eigenvalue weighted by atomic mass is 35.5. The molecule has 0 spiro atoms. The first-order valence-electron chi connectivity index (χ1n) is 6.06. The summed E-state index contributed by atoms with van der Waals surface area (Å²) in [6, 6.07) is 0. The quantitative estimate of drug-likeness (QED) is 0.893. The predicted molar refractivity (Wildman–Crippen MR) is 78.0 cm³/mol. The van der Waals surface area contributed by atoms with Crippen LogP contribution in [0.25, 0.3) is 0 Å². The van der Waals surface area contributed by atoms with Crippen molar-refractivity contribution in [1.82, 2.24) is 14.9 Å². The largest absolute Gasteiger partial charge is 0.324 e. The molecule has 1 aromatic heterocycles. The van der Waals surface area contributed by atoms with Gasteiger partial charge in [-0.25, -0.2) is 9.97 Å². The Bertz CT molecular complexity index is 343. The smallest absolute Gasteiger partial charge is 0.130 e. The van der Waals surface area contributed by atoms with Crippen molar-refractivity contribution in [3.63, 3.8) is 0 Å². The minimum atomic E-state index is -0.173. The summed E-state index contributed by atoms with van der Waals surface area (Å²) < 4.78 is 0. The van der Waals surface area contributed by atoms with Crippen LogP contribution in [0.15, 0.2) is 12.4 Å². The molecule has 0 unspecified atom stereocenters. The van der Waals surface area contributed by atoms with Gasteiger partial charge in [-0.2, -0.15) is 0 Å². The number of likely N-dealkylation sites (N-methyl/N-ethyl adjacent to an activating group) is 1. The summed E-state index contributed by atoms with van der Waals surface area (Å²) in [7, 11) is 2.06. The zero-order chi connectivity index (χ0) is 13.1. The zero-order valence-corrected chi connectivity index (χ0v) is 12.8. The van der Waals surface area contributed by atoms with E-state index < -0.39 is 0 Å². The number of aromatic nitrogens is 2. The number of rotatable bonds is 5. The third-order valence-electron chi connectivity index (χ3n) is 2.37. The van der Waals surface area contributed by atoms with Crippen LogP contribution in [-0.2, 0) is 6.54 Å². The fourth-order valence-corrected chi connectivity index (χ4v) is 1.81. The SMILES string of the molecule is CC(C)c1ncc(CN(C)CC(C)(C)N)cn1.Cl. The Kier molecular flexibility index (Phi) is 6.74. The second-order valence-electron chi connectivity index (χ2n) is 5.77. The van der Waals surface area contributed by atoms with Gasteiger partial charge in [0.15, 0.2) is 0 Å². The minimum absolute atomic E-state index is 0. The predicted octanol–water partition coefficient (Wildman–Crippen LogP) is 2.19. The van der Waals surface area contributed by atoms with Crippen LogP contribution < -0.4 is 5.73 Å². The van der Waals surface area contributed by atoms with Gasteiger partial charge in [0, 0.05) is 42.5 Å². The van der Waals surface area contributed by atoms with Crippen LogP contribution in [0.4, 0.5) is 0 Å². The van der Waals surface area contributed by atoms with E-state index in [9.17, 15) is 0 Å². The molecule has 0 aliphatic rings. The summed E-state index contributed by atoms with van der Waals surface area (Å²) in [5, 5.41) is 0. The number of nitrogens with zero attached hydrogens (tertiary/aromatic N) is 3. The van der Waals surface area contributed by atoms with Crippen molar-refractivity contribution in [2.45, 2.75) is 45.7 Å². The Labute approximate surface area is 116 Å². The van der Waals surface area contributed by atoms with Crippen molar-refractivity contribution in [1.29, 1.82) is 0 Å². The summed E-state index contributed by atoms with van der Waals surface area (Å²) in [6.45, 7) is 9.93. The molecule has 5 heteroatoms. The summed E-state index contributed by atoms with van der Waals surface area (Å²) >= 11 is 0. The summed E-state index contributed by atoms with van der Waals surface area (Å²) in [5.74, 6) is 1.28. The Hall–Kier alpha value is -0.710. The summed E-state index contributed by atoms with van der Waals surface area (Å²) in [6.07, 6.45) is 3.81. The van der Waals surface area contributed by atoms with Gasteiger partial charge in [-0.3, -0.25) is 0 Å². The van der Waals surface area contributed by atoms with Crippen molar-refractivity contribution in [2.24, 2.45) is 5.73 Å². The van der Waals surface area contributed by atoms with Crippen LogP contribution in [0.5, 0.6) is 0 Å². The van der Waals surface area contributed by atoms with Gasteiger partial charge in [0.05, 0.1) is 0 Å². The average Bonchev–Trinajstić information content (AvgIpc) is 2.15. The van der Waals surface area contributed by atoms with Crippen molar-refractivity contribution in [3.05, 3.63) is 23.8 Å². The maximum absolute atomic E-state index is 5.98. The Balaban J connectivity index is 0.00000289. The van der Waals surface area contributed by atoms with Crippen LogP contribution >= 0.6 is 12.4 Å². The Morgan fingerprint density at radius 1 is 1.28 bits per heavy atom. The molecule has 0 bridgehead atoms. The zero-order valence-electron chi connectivity index (χ0n) is 12.0. The molecule has 0 aliphatic heterocycles. The van der Waals surface area contributed by atoms with Gasteiger partial charge >= 0.3 is 0 Å². The van der Waals surface area contributed by atoms with Crippen molar-refractivity contribution in [3.8, 4) is 0 Å². The fourth-order valence-electron chi connectivity index (χ4n) is 1.81. The van der Waals surface area contributed by atoms with Gasteiger partial charge in [0.25, 0.3) is 0 Å². The van der Waals surface area contributed by atoms with E-state index in [-0.39, 0.29) is 17.9 Å². The molecule has 1 heterocycles. The first-order chi connectivity index (χ1) is 7.78. The Morgan fingerprint density at radius 3 is 2.17 bits per heavy atom. The minimum Gasteiger partial charge on any atom is -0.324 e. The molecule has 18 heavy (non-hydrogen) atoms. The highest BCUT2D eigenvalue weighted by molar-refractivity contribution is 5.85. The number of halogens is 1. The lowest BCUT2D eigenvalue weighted by molar-refractivity contribution is 0.262. The van der Waals surface area contributed by atoms with Crippen molar-refractivity contribution >= 4 is 12.4 Å². The van der Waals surface area contributed by atoms with E-state index in [4.69, 9.17) is 5.73 Å². The molecule has 0 amide bonds. The molecule has 0 saturated heterocycles. The van der Waals surface area contributed by atoms with E-state index >= 15 is 0 Å². The van der Waals surface area contributed by atoms with E-state index in [1.54, 1.807) is 0 Å². The molecule has 2 N–H and O–H groups in total. The molecule has 0 saturated carbocycles. The molecule has 1 rings (SSSR count). The molecule has 0 aromatic carbocycles. The van der Waals surface area contributed by atoms with E-state index in [1.165, 1.54) is 0 Å². The molecular formula is C13H25ClN4. The molecule has 0 aliphatic carbocycles. The second-order valence-corrected chi connectivity index (χ2v) is 5.77. The number of hydrogen-bond acceptors (Lipinski definition) is 4. The first-order valence-corrected chi connectivity index (χ1v) is 6.06. The summed E-state index contributed by atoms with van der Waals surface area (Å²) in [5.41, 5.74) is 6.93. The molecule has 4 nitrogen and oxygen atoms in total. The maximum atomic E-state index is 5.98. The van der Waals surface area contributed by atoms with E-state index in [2.05, 4.69) is 35.8 Å². The van der Waals surface area contributed by atoms with Crippen LogP contribution in [0.1, 0.15) is 45.0 Å². The van der Waals surface area contributed by atoms with E-state index in [0.717, 1.165) is 24.5 Å². The average molecular weight is 273 g/mol. The molecular weight excluding hydrogens is 248 g/mol. The molecule has 0 radical (unpaired) electrons. The van der Waals surface area contributed by atoms with Gasteiger partial charge in [0.1, 0.15) is 5.82 Å². The van der Waals surface area contributed by atoms with Crippen LogP contribution in [0.3, 0.4) is 0 Å². The van der Waals surface area contributed by atoms with Gasteiger partial charge in [-0.1, -0.05) is 13.8 Å². The molecule has 1 aromatic rings. The maximum Gasteiger partial charge on any atom is 0.130 e. The lowest BCUT2D eigenvalue weighted by atomic mass is 10.1. The molecule has 0 fully saturated rings. The van der Waals surface area contributed by atoms with Gasteiger partial charge in [-0.05, 0) is 20.9 Å².